The minimum atomic E-state index is -4.78. The van der Waals surface area contributed by atoms with Crippen molar-refractivity contribution in [3.05, 3.63) is 71.1 Å². The number of halogens is 2. The Bertz CT molecular complexity index is 1400. The summed E-state index contributed by atoms with van der Waals surface area (Å²) in [6.45, 7) is -1.80. The highest BCUT2D eigenvalue weighted by molar-refractivity contribution is 7.46. The summed E-state index contributed by atoms with van der Waals surface area (Å²) in [5.41, 5.74) is 0.341. The average molecular weight is 615 g/mol. The Morgan fingerprint density at radius 2 is 1.83 bits per heavy atom. The Labute approximate surface area is 239 Å². The fourth-order valence-corrected chi connectivity index (χ4v) is 4.01. The Morgan fingerprint density at radius 3 is 2.56 bits per heavy atom. The van der Waals surface area contributed by atoms with Gasteiger partial charge in [-0.05, 0) is 23.1 Å². The average Bonchev–Trinajstić information content (AvgIpc) is 2.93. The molecule has 0 aliphatic heterocycles. The van der Waals surface area contributed by atoms with Gasteiger partial charge in [-0.15, -0.1) is 0 Å². The van der Waals surface area contributed by atoms with Crippen LogP contribution in [0.3, 0.4) is 0 Å². The second-order valence-corrected chi connectivity index (χ2v) is 10.4. The minimum absolute atomic E-state index is 0.0965. The molecule has 13 nitrogen and oxygen atoms in total. The maximum Gasteiger partial charge on any atom is 0.469 e. The van der Waals surface area contributed by atoms with Gasteiger partial charge in [0.15, 0.2) is 0 Å². The lowest BCUT2D eigenvalue weighted by molar-refractivity contribution is -0.0153. The molecule has 41 heavy (non-hydrogen) atoms. The number of aromatic nitrogens is 1. The van der Waals surface area contributed by atoms with Crippen molar-refractivity contribution in [2.75, 3.05) is 38.8 Å². The zero-order valence-corrected chi connectivity index (χ0v) is 23.4. The molecule has 0 fully saturated rings. The van der Waals surface area contributed by atoms with Crippen LogP contribution in [-0.2, 0) is 25.1 Å². The zero-order valence-electron chi connectivity index (χ0n) is 21.8. The van der Waals surface area contributed by atoms with E-state index in [1.165, 1.54) is 24.1 Å². The molecule has 2 aromatic carbocycles. The number of benzene rings is 2. The smallest absolute Gasteiger partial charge is 0.447 e. The molecule has 222 valence electrons. The second kappa shape index (κ2) is 15.0. The van der Waals surface area contributed by atoms with Crippen LogP contribution in [0.15, 0.2) is 54.7 Å². The highest BCUT2D eigenvalue weighted by Gasteiger charge is 2.24. The lowest BCUT2D eigenvalue weighted by Crippen LogP contribution is -2.48. The van der Waals surface area contributed by atoms with Crippen molar-refractivity contribution in [3.63, 3.8) is 0 Å². The topological polar surface area (TPSA) is 180 Å². The maximum absolute atomic E-state index is 13.7. The highest BCUT2D eigenvalue weighted by Crippen LogP contribution is 2.35. The van der Waals surface area contributed by atoms with Gasteiger partial charge in [0.05, 0.1) is 30.9 Å². The van der Waals surface area contributed by atoms with E-state index in [4.69, 9.17) is 30.9 Å². The molecule has 3 aromatic rings. The summed E-state index contributed by atoms with van der Waals surface area (Å²) >= 11 is 5.94. The predicted octanol–water partition coefficient (Wildman–Crippen LogP) is 3.27. The van der Waals surface area contributed by atoms with Gasteiger partial charge in [0.25, 0.3) is 0 Å². The van der Waals surface area contributed by atoms with Crippen molar-refractivity contribution >= 4 is 48.1 Å². The summed E-state index contributed by atoms with van der Waals surface area (Å²) in [5, 5.41) is 16.5. The number of anilines is 1. The van der Waals surface area contributed by atoms with Gasteiger partial charge in [0.1, 0.15) is 24.3 Å². The van der Waals surface area contributed by atoms with Gasteiger partial charge in [0, 0.05) is 25.2 Å². The third kappa shape index (κ3) is 10.5. The number of amides is 3. The number of likely N-dealkylation sites (N-methyl/N-ethyl adjacent to an activating group) is 1. The molecule has 3 amide bonds. The van der Waals surface area contributed by atoms with Crippen LogP contribution < -0.4 is 10.6 Å². The Morgan fingerprint density at radius 1 is 1.10 bits per heavy atom. The molecule has 0 aliphatic rings. The van der Waals surface area contributed by atoms with Gasteiger partial charge < -0.3 is 34.6 Å². The van der Waals surface area contributed by atoms with Crippen LogP contribution in [0.2, 0.25) is 5.02 Å². The van der Waals surface area contributed by atoms with Crippen LogP contribution in [0.1, 0.15) is 5.56 Å². The van der Waals surface area contributed by atoms with Crippen molar-refractivity contribution in [1.29, 1.82) is 0 Å². The van der Waals surface area contributed by atoms with Crippen molar-refractivity contribution < 1.29 is 47.4 Å². The van der Waals surface area contributed by atoms with E-state index in [0.29, 0.717) is 5.56 Å². The number of aliphatic hydroxyl groups excluding tert-OH is 1. The number of hydrogen-bond acceptors (Lipinski definition) is 8. The monoisotopic (exact) mass is 614 g/mol. The van der Waals surface area contributed by atoms with E-state index >= 15 is 0 Å². The first-order valence-corrected chi connectivity index (χ1v) is 14.0. The fraction of sp³-hybridized carbons (Fsp3) is 0.320. The Balaban J connectivity index is 1.60. The number of fused-ring (bicyclic) bond motifs is 1. The number of pyridine rings is 1. The molecule has 3 rings (SSSR count). The molecule has 0 aliphatic carbocycles. The van der Waals surface area contributed by atoms with Gasteiger partial charge in [0.2, 0.25) is 0 Å². The van der Waals surface area contributed by atoms with E-state index in [2.05, 4.69) is 20.1 Å². The molecule has 0 radical (unpaired) electrons. The second-order valence-electron chi connectivity index (χ2n) is 8.75. The predicted molar refractivity (Wildman–Crippen MR) is 147 cm³/mol. The lowest BCUT2D eigenvalue weighted by atomic mass is 10.2. The molecule has 1 aromatic heterocycles. The molecule has 0 saturated heterocycles. The molecule has 0 bridgehead atoms. The fourth-order valence-electron chi connectivity index (χ4n) is 3.45. The van der Waals surface area contributed by atoms with Crippen LogP contribution in [0, 0.1) is 5.82 Å². The summed E-state index contributed by atoms with van der Waals surface area (Å²) in [4.78, 5) is 48.1. The number of nitrogens with one attached hydrogen (secondary N) is 2. The number of aliphatic hydroxyl groups is 1. The first-order valence-electron chi connectivity index (χ1n) is 12.1. The van der Waals surface area contributed by atoms with Crippen molar-refractivity contribution in [2.45, 2.75) is 18.7 Å². The van der Waals surface area contributed by atoms with Crippen LogP contribution >= 0.6 is 19.4 Å². The number of carbonyl (C=O) groups excluding carboxylic acids is 2. The van der Waals surface area contributed by atoms with Crippen molar-refractivity contribution in [1.82, 2.24) is 15.2 Å². The van der Waals surface area contributed by atoms with Gasteiger partial charge in [-0.1, -0.05) is 48.0 Å². The Hall–Kier alpha value is -3.36. The van der Waals surface area contributed by atoms with E-state index in [9.17, 15) is 23.7 Å². The third-order valence-electron chi connectivity index (χ3n) is 5.65. The van der Waals surface area contributed by atoms with Crippen LogP contribution in [-0.4, -0.2) is 82.5 Å². The molecular formula is C25H29ClFN4O9P. The molecule has 0 spiro atoms. The molecule has 16 heteroatoms. The van der Waals surface area contributed by atoms with E-state index in [-0.39, 0.29) is 30.6 Å². The van der Waals surface area contributed by atoms with Crippen molar-refractivity contribution in [3.8, 4) is 0 Å². The van der Waals surface area contributed by atoms with Crippen LogP contribution in [0.25, 0.3) is 10.8 Å². The lowest BCUT2D eigenvalue weighted by Gasteiger charge is -2.28. The number of carbonyl (C=O) groups is 2. The SMILES string of the molecule is CN(C(=O)NCc1cccc(F)c1Cl)[C@@H](COC[C@@H](O)COP(=O)(O)O)COC(=O)Nc1cc2ccccc2cn1. The normalized spacial score (nSPS) is 12.9. The molecular weight excluding hydrogens is 586 g/mol. The summed E-state index contributed by atoms with van der Waals surface area (Å²) < 4.78 is 39.4. The number of nitrogens with zero attached hydrogens (tertiary/aromatic N) is 2. The van der Waals surface area contributed by atoms with Gasteiger partial charge in [-0.2, -0.15) is 0 Å². The van der Waals surface area contributed by atoms with E-state index in [0.717, 1.165) is 10.8 Å². The number of urea groups is 1. The van der Waals surface area contributed by atoms with E-state index < -0.39 is 51.1 Å². The third-order valence-corrected chi connectivity index (χ3v) is 6.56. The first-order chi connectivity index (χ1) is 19.4. The molecule has 0 unspecified atom stereocenters. The summed E-state index contributed by atoms with van der Waals surface area (Å²) in [5.74, 6) is -0.396. The number of rotatable bonds is 13. The Kier molecular flexibility index (Phi) is 11.8. The summed E-state index contributed by atoms with van der Waals surface area (Å²) in [6, 6.07) is 11.7. The van der Waals surface area contributed by atoms with Gasteiger partial charge in [-0.25, -0.2) is 23.5 Å². The van der Waals surface area contributed by atoms with Crippen LogP contribution in [0.5, 0.6) is 0 Å². The molecule has 0 saturated carbocycles. The van der Waals surface area contributed by atoms with E-state index in [1.807, 2.05) is 24.3 Å². The largest absolute Gasteiger partial charge is 0.469 e. The molecule has 5 N–H and O–H groups in total. The zero-order chi connectivity index (χ0) is 30.0. The number of phosphoric ester groups is 1. The first kappa shape index (κ1) is 32.2. The van der Waals surface area contributed by atoms with E-state index in [1.54, 1.807) is 18.3 Å². The van der Waals surface area contributed by atoms with Crippen molar-refractivity contribution in [2.24, 2.45) is 0 Å². The number of phosphoric acid groups is 1. The minimum Gasteiger partial charge on any atom is -0.447 e. The quantitative estimate of drug-likeness (QED) is 0.179. The number of ether oxygens (including phenoxy) is 2. The molecule has 1 heterocycles. The standard InChI is InChI=1S/C25H29ClFN4O9P/c1-31(24(33)29-11-18-7-4-8-21(27)23(18)26)19(12-38-14-20(32)15-40-41(35,36)37)13-39-25(34)30-22-9-16-5-2-3-6-17(16)10-28-22/h2-10,19-20,32H,11-15H2,1H3,(H,29,33)(H,28,30,34)(H2,35,36,37)/t19-,20+/m0/s1. The summed E-state index contributed by atoms with van der Waals surface area (Å²) in [6.07, 6.45) is -0.652. The summed E-state index contributed by atoms with van der Waals surface area (Å²) in [7, 11) is -3.38. The van der Waals surface area contributed by atoms with Gasteiger partial charge in [-0.3, -0.25) is 9.84 Å². The number of hydrogen-bond donors (Lipinski definition) is 5. The van der Waals surface area contributed by atoms with Crippen LogP contribution in [0.4, 0.5) is 19.8 Å². The van der Waals surface area contributed by atoms with Gasteiger partial charge >= 0.3 is 19.9 Å². The highest BCUT2D eigenvalue weighted by atomic mass is 35.5. The molecule has 2 atom stereocenters. The maximum atomic E-state index is 13.7.